The van der Waals surface area contributed by atoms with E-state index in [0.717, 1.165) is 0 Å². The minimum atomic E-state index is -1.09. The SMILES string of the molecule is Nc1nc(Cl)c(C#Cc2cccnc2Cl)c(N[C@@H]2C[C@H](CO)[C@@H](O)[C@H]2O)n1. The highest BCUT2D eigenvalue weighted by atomic mass is 35.5. The summed E-state index contributed by atoms with van der Waals surface area (Å²) < 4.78 is 0. The number of pyridine rings is 1. The number of hydrogen-bond acceptors (Lipinski definition) is 8. The van der Waals surface area contributed by atoms with Gasteiger partial charge in [0.25, 0.3) is 0 Å². The smallest absolute Gasteiger partial charge is 0.223 e. The quantitative estimate of drug-likeness (QED) is 0.283. The number of rotatable bonds is 3. The lowest BCUT2D eigenvalue weighted by molar-refractivity contribution is 0.00445. The molecule has 8 nitrogen and oxygen atoms in total. The van der Waals surface area contributed by atoms with Crippen molar-refractivity contribution in [2.45, 2.75) is 24.7 Å². The van der Waals surface area contributed by atoms with Crippen LogP contribution in [0.1, 0.15) is 17.5 Å². The number of aliphatic hydroxyl groups is 3. The fourth-order valence-corrected chi connectivity index (χ4v) is 3.29. The van der Waals surface area contributed by atoms with Crippen LogP contribution < -0.4 is 11.1 Å². The van der Waals surface area contributed by atoms with Crippen molar-refractivity contribution >= 4 is 35.0 Å². The maximum absolute atomic E-state index is 10.2. The number of aliphatic hydroxyl groups excluding tert-OH is 3. The Labute approximate surface area is 165 Å². The largest absolute Gasteiger partial charge is 0.396 e. The van der Waals surface area contributed by atoms with Crippen LogP contribution in [0, 0.1) is 17.8 Å². The number of nitrogen functional groups attached to an aromatic ring is 1. The molecular weight excluding hydrogens is 393 g/mol. The van der Waals surface area contributed by atoms with E-state index in [4.69, 9.17) is 28.9 Å². The number of anilines is 2. The van der Waals surface area contributed by atoms with Gasteiger partial charge in [0.05, 0.1) is 17.7 Å². The summed E-state index contributed by atoms with van der Waals surface area (Å²) >= 11 is 12.2. The average molecular weight is 410 g/mol. The van der Waals surface area contributed by atoms with Gasteiger partial charge in [0.15, 0.2) is 5.15 Å². The van der Waals surface area contributed by atoms with Crippen molar-refractivity contribution in [3.05, 3.63) is 39.8 Å². The Morgan fingerprint density at radius 3 is 2.63 bits per heavy atom. The molecule has 0 bridgehead atoms. The molecule has 3 rings (SSSR count). The summed E-state index contributed by atoms with van der Waals surface area (Å²) in [5.41, 5.74) is 6.43. The summed E-state index contributed by atoms with van der Waals surface area (Å²) in [5, 5.41) is 32.8. The van der Waals surface area contributed by atoms with E-state index >= 15 is 0 Å². The van der Waals surface area contributed by atoms with Crippen molar-refractivity contribution in [2.75, 3.05) is 17.7 Å². The standard InChI is InChI=1S/C17H17Cl2N5O3/c18-14-8(2-1-5-21-14)3-4-10-15(19)23-17(20)24-16(10)22-11-6-9(7-25)12(26)13(11)27/h1-2,5,9,11-13,25-27H,6-7H2,(H3,20,22,23,24)/t9-,11-,12-,13+/m1/s1. The molecule has 2 aromatic rings. The van der Waals surface area contributed by atoms with E-state index in [9.17, 15) is 15.3 Å². The maximum Gasteiger partial charge on any atom is 0.223 e. The molecule has 10 heteroatoms. The first-order chi connectivity index (χ1) is 12.9. The predicted molar refractivity (Wildman–Crippen MR) is 101 cm³/mol. The zero-order valence-electron chi connectivity index (χ0n) is 14.0. The summed E-state index contributed by atoms with van der Waals surface area (Å²) in [7, 11) is 0. The van der Waals surface area contributed by atoms with Gasteiger partial charge in [0.1, 0.15) is 22.6 Å². The first kappa shape index (κ1) is 19.6. The lowest BCUT2D eigenvalue weighted by atomic mass is 10.1. The number of hydrogen-bond donors (Lipinski definition) is 5. The predicted octanol–water partition coefficient (Wildman–Crippen LogP) is 0.675. The van der Waals surface area contributed by atoms with E-state index in [1.54, 1.807) is 18.3 Å². The third-order valence-electron chi connectivity index (χ3n) is 4.32. The number of halogens is 2. The molecular formula is C17H17Cl2N5O3. The minimum Gasteiger partial charge on any atom is -0.396 e. The van der Waals surface area contributed by atoms with Gasteiger partial charge in [-0.2, -0.15) is 9.97 Å². The Hall–Kier alpha value is -2.15. The maximum atomic E-state index is 10.2. The fourth-order valence-electron chi connectivity index (χ4n) is 2.90. The van der Waals surface area contributed by atoms with Crippen LogP contribution in [0.3, 0.4) is 0 Å². The Morgan fingerprint density at radius 1 is 1.19 bits per heavy atom. The van der Waals surface area contributed by atoms with Gasteiger partial charge in [-0.1, -0.05) is 35.0 Å². The van der Waals surface area contributed by atoms with E-state index in [0.29, 0.717) is 12.0 Å². The number of nitrogens with one attached hydrogen (secondary N) is 1. The van der Waals surface area contributed by atoms with Gasteiger partial charge in [-0.15, -0.1) is 0 Å². The molecule has 2 heterocycles. The third-order valence-corrected chi connectivity index (χ3v) is 4.90. The van der Waals surface area contributed by atoms with Crippen LogP contribution in [-0.2, 0) is 0 Å². The van der Waals surface area contributed by atoms with Gasteiger partial charge < -0.3 is 26.4 Å². The molecule has 0 spiro atoms. The van der Waals surface area contributed by atoms with Crippen LogP contribution in [0.15, 0.2) is 18.3 Å². The Kier molecular flexibility index (Phi) is 5.99. The molecule has 27 heavy (non-hydrogen) atoms. The van der Waals surface area contributed by atoms with Crippen molar-refractivity contribution in [3.63, 3.8) is 0 Å². The molecule has 0 radical (unpaired) electrons. The van der Waals surface area contributed by atoms with E-state index in [1.807, 2.05) is 0 Å². The van der Waals surface area contributed by atoms with E-state index in [2.05, 4.69) is 32.1 Å². The summed E-state index contributed by atoms with van der Waals surface area (Å²) in [6.45, 7) is -0.241. The van der Waals surface area contributed by atoms with Gasteiger partial charge in [0.2, 0.25) is 5.95 Å². The van der Waals surface area contributed by atoms with E-state index < -0.39 is 24.2 Å². The van der Waals surface area contributed by atoms with Crippen molar-refractivity contribution in [1.82, 2.24) is 15.0 Å². The first-order valence-electron chi connectivity index (χ1n) is 8.09. The van der Waals surface area contributed by atoms with Crippen molar-refractivity contribution in [3.8, 4) is 11.8 Å². The molecule has 1 saturated carbocycles. The Morgan fingerprint density at radius 2 is 1.96 bits per heavy atom. The fraction of sp³-hybridized carbons (Fsp3) is 0.353. The molecule has 2 aromatic heterocycles. The summed E-state index contributed by atoms with van der Waals surface area (Å²) in [4.78, 5) is 12.0. The highest BCUT2D eigenvalue weighted by Gasteiger charge is 2.41. The van der Waals surface area contributed by atoms with Crippen molar-refractivity contribution in [1.29, 1.82) is 0 Å². The zero-order chi connectivity index (χ0) is 19.6. The van der Waals surface area contributed by atoms with Crippen molar-refractivity contribution in [2.24, 2.45) is 5.92 Å². The Bertz CT molecular complexity index is 902. The van der Waals surface area contributed by atoms with Crippen LogP contribution in [0.25, 0.3) is 0 Å². The summed E-state index contributed by atoms with van der Waals surface area (Å²) in [6, 6.07) is 2.83. The van der Waals surface area contributed by atoms with Gasteiger partial charge in [-0.25, -0.2) is 4.98 Å². The first-order valence-corrected chi connectivity index (χ1v) is 8.85. The normalized spacial score (nSPS) is 24.3. The molecule has 1 aliphatic rings. The average Bonchev–Trinajstić information content (AvgIpc) is 2.90. The van der Waals surface area contributed by atoms with Crippen LogP contribution >= 0.6 is 23.2 Å². The van der Waals surface area contributed by atoms with Crippen LogP contribution in [0.2, 0.25) is 10.3 Å². The van der Waals surface area contributed by atoms with Crippen molar-refractivity contribution < 1.29 is 15.3 Å². The van der Waals surface area contributed by atoms with Crippen LogP contribution in [0.5, 0.6) is 0 Å². The molecule has 4 atom stereocenters. The molecule has 0 saturated heterocycles. The monoisotopic (exact) mass is 409 g/mol. The number of aromatic nitrogens is 3. The van der Waals surface area contributed by atoms with Crippen LogP contribution in [0.4, 0.5) is 11.8 Å². The molecule has 1 fully saturated rings. The van der Waals surface area contributed by atoms with Gasteiger partial charge in [-0.3, -0.25) is 0 Å². The number of nitrogens with two attached hydrogens (primary N) is 1. The van der Waals surface area contributed by atoms with Gasteiger partial charge in [0, 0.05) is 18.7 Å². The highest BCUT2D eigenvalue weighted by Crippen LogP contribution is 2.30. The summed E-state index contributed by atoms with van der Waals surface area (Å²) in [5.74, 6) is 5.40. The lowest BCUT2D eigenvalue weighted by Crippen LogP contribution is -2.35. The van der Waals surface area contributed by atoms with E-state index in [1.165, 1.54) is 0 Å². The molecule has 0 aliphatic heterocycles. The topological polar surface area (TPSA) is 137 Å². The van der Waals surface area contributed by atoms with Gasteiger partial charge in [-0.05, 0) is 18.6 Å². The van der Waals surface area contributed by atoms with E-state index in [-0.39, 0.29) is 34.2 Å². The third kappa shape index (κ3) is 4.24. The second kappa shape index (κ2) is 8.25. The van der Waals surface area contributed by atoms with Crippen LogP contribution in [-0.4, -0.2) is 55.1 Å². The molecule has 0 unspecified atom stereocenters. The Balaban J connectivity index is 1.94. The molecule has 0 amide bonds. The van der Waals surface area contributed by atoms with Gasteiger partial charge >= 0.3 is 0 Å². The lowest BCUT2D eigenvalue weighted by Gasteiger charge is -2.19. The minimum absolute atomic E-state index is 0.0317. The molecule has 1 aliphatic carbocycles. The molecule has 0 aromatic carbocycles. The second-order valence-electron chi connectivity index (χ2n) is 6.10. The zero-order valence-corrected chi connectivity index (χ0v) is 15.5. The molecule has 142 valence electrons. The molecule has 6 N–H and O–H groups in total. The highest BCUT2D eigenvalue weighted by molar-refractivity contribution is 6.31. The number of nitrogens with zero attached hydrogens (tertiary/aromatic N) is 3. The second-order valence-corrected chi connectivity index (χ2v) is 6.81. The summed E-state index contributed by atoms with van der Waals surface area (Å²) in [6.07, 6.45) is -0.261.